The third-order valence-electron chi connectivity index (χ3n) is 5.41. The Hall–Kier alpha value is -1.75. The van der Waals surface area contributed by atoms with Gasteiger partial charge in [-0.1, -0.05) is 37.8 Å². The molecular formula is C20H31N3O2. The van der Waals surface area contributed by atoms with Crippen LogP contribution in [0.3, 0.4) is 0 Å². The molecule has 0 atom stereocenters. The molecule has 0 aromatic heterocycles. The topological polar surface area (TPSA) is 44.8 Å². The van der Waals surface area contributed by atoms with Gasteiger partial charge in [0.05, 0.1) is 7.11 Å². The Balaban J connectivity index is 1.42. The van der Waals surface area contributed by atoms with Gasteiger partial charge in [0, 0.05) is 38.8 Å². The zero-order valence-corrected chi connectivity index (χ0v) is 15.4. The van der Waals surface area contributed by atoms with E-state index in [9.17, 15) is 4.79 Å². The first-order valence-electron chi connectivity index (χ1n) is 9.65. The maximum Gasteiger partial charge on any atom is 0.317 e. The second kappa shape index (κ2) is 9.09. The molecule has 0 spiro atoms. The number of ether oxygens (including phenoxy) is 1. The summed E-state index contributed by atoms with van der Waals surface area (Å²) in [6.07, 6.45) is 7.42. The molecule has 25 heavy (non-hydrogen) atoms. The lowest BCUT2D eigenvalue weighted by molar-refractivity contribution is 0.132. The Labute approximate surface area is 151 Å². The Morgan fingerprint density at radius 2 is 1.68 bits per heavy atom. The fraction of sp³-hybridized carbons (Fsp3) is 0.650. The minimum absolute atomic E-state index is 0.135. The predicted molar refractivity (Wildman–Crippen MR) is 99.9 cm³/mol. The smallest absolute Gasteiger partial charge is 0.317 e. The van der Waals surface area contributed by atoms with Gasteiger partial charge in [-0.05, 0) is 30.5 Å². The average Bonchev–Trinajstić information content (AvgIpc) is 2.91. The summed E-state index contributed by atoms with van der Waals surface area (Å²) in [6.45, 7) is 4.43. The van der Waals surface area contributed by atoms with Crippen molar-refractivity contribution >= 4 is 6.03 Å². The highest BCUT2D eigenvalue weighted by atomic mass is 16.5. The van der Waals surface area contributed by atoms with Crippen LogP contribution in [0, 0.1) is 0 Å². The summed E-state index contributed by atoms with van der Waals surface area (Å²) >= 11 is 0. The lowest BCUT2D eigenvalue weighted by atomic mass is 10.1. The Bertz CT molecular complexity index is 530. The molecule has 1 aliphatic heterocycles. The van der Waals surface area contributed by atoms with Crippen LogP contribution in [0.25, 0.3) is 0 Å². The van der Waals surface area contributed by atoms with Crippen LogP contribution in [-0.4, -0.2) is 55.2 Å². The summed E-state index contributed by atoms with van der Waals surface area (Å²) in [5.74, 6) is 0.892. The lowest BCUT2D eigenvalue weighted by Crippen LogP contribution is -2.53. The summed E-state index contributed by atoms with van der Waals surface area (Å²) in [6, 6.07) is 8.76. The van der Waals surface area contributed by atoms with Crippen molar-refractivity contribution in [1.29, 1.82) is 0 Å². The minimum Gasteiger partial charge on any atom is -0.497 e. The lowest BCUT2D eigenvalue weighted by Gasteiger charge is -2.35. The van der Waals surface area contributed by atoms with Gasteiger partial charge < -0.3 is 15.0 Å². The highest BCUT2D eigenvalue weighted by molar-refractivity contribution is 5.74. The standard InChI is InChI=1S/C20H31N3O2/c1-25-19-10-8-17(9-11-19)16-22-12-14-23(15-13-22)20(24)21-18-6-4-2-3-5-7-18/h8-11,18H,2-7,12-16H2,1H3,(H,21,24). The van der Waals surface area contributed by atoms with E-state index in [-0.39, 0.29) is 6.03 Å². The van der Waals surface area contributed by atoms with Crippen LogP contribution in [0.5, 0.6) is 5.75 Å². The van der Waals surface area contributed by atoms with Crippen LogP contribution >= 0.6 is 0 Å². The monoisotopic (exact) mass is 345 g/mol. The molecule has 0 radical (unpaired) electrons. The normalized spacial score (nSPS) is 20.1. The molecule has 5 heteroatoms. The van der Waals surface area contributed by atoms with Gasteiger partial charge in [0.15, 0.2) is 0 Å². The number of hydrogen-bond donors (Lipinski definition) is 1. The molecule has 1 aliphatic carbocycles. The van der Waals surface area contributed by atoms with Crippen molar-refractivity contribution in [3.63, 3.8) is 0 Å². The van der Waals surface area contributed by atoms with E-state index in [0.717, 1.165) is 51.3 Å². The van der Waals surface area contributed by atoms with E-state index in [2.05, 4.69) is 22.3 Å². The van der Waals surface area contributed by atoms with Gasteiger partial charge in [0.2, 0.25) is 0 Å². The van der Waals surface area contributed by atoms with Crippen molar-refractivity contribution in [2.45, 2.75) is 51.1 Å². The number of carbonyl (C=O) groups excluding carboxylic acids is 1. The van der Waals surface area contributed by atoms with Gasteiger partial charge in [-0.15, -0.1) is 0 Å². The van der Waals surface area contributed by atoms with Crippen molar-refractivity contribution in [3.05, 3.63) is 29.8 Å². The molecule has 1 heterocycles. The van der Waals surface area contributed by atoms with E-state index in [1.807, 2.05) is 17.0 Å². The van der Waals surface area contributed by atoms with Crippen LogP contribution in [0.2, 0.25) is 0 Å². The van der Waals surface area contributed by atoms with Crippen molar-refractivity contribution in [3.8, 4) is 5.75 Å². The summed E-state index contributed by atoms with van der Waals surface area (Å²) < 4.78 is 5.20. The minimum atomic E-state index is 0.135. The van der Waals surface area contributed by atoms with E-state index in [4.69, 9.17) is 4.74 Å². The second-order valence-corrected chi connectivity index (χ2v) is 7.25. The number of nitrogens with one attached hydrogen (secondary N) is 1. The van der Waals surface area contributed by atoms with E-state index in [0.29, 0.717) is 6.04 Å². The Kier molecular flexibility index (Phi) is 6.56. The molecule has 5 nitrogen and oxygen atoms in total. The number of benzene rings is 1. The highest BCUT2D eigenvalue weighted by Gasteiger charge is 2.23. The fourth-order valence-corrected chi connectivity index (χ4v) is 3.79. The van der Waals surface area contributed by atoms with Crippen LogP contribution in [0.4, 0.5) is 4.79 Å². The summed E-state index contributed by atoms with van der Waals surface area (Å²) in [5, 5.41) is 3.26. The van der Waals surface area contributed by atoms with Crippen LogP contribution in [0.1, 0.15) is 44.1 Å². The molecule has 2 fully saturated rings. The highest BCUT2D eigenvalue weighted by Crippen LogP contribution is 2.18. The van der Waals surface area contributed by atoms with E-state index < -0.39 is 0 Å². The summed E-state index contributed by atoms with van der Waals surface area (Å²) in [7, 11) is 1.69. The van der Waals surface area contributed by atoms with Gasteiger partial charge in [0.1, 0.15) is 5.75 Å². The van der Waals surface area contributed by atoms with Gasteiger partial charge in [-0.3, -0.25) is 4.90 Å². The molecule has 1 N–H and O–H groups in total. The summed E-state index contributed by atoms with van der Waals surface area (Å²) in [4.78, 5) is 16.9. The Morgan fingerprint density at radius 1 is 1.04 bits per heavy atom. The molecule has 2 amide bonds. The quantitative estimate of drug-likeness (QED) is 0.852. The zero-order valence-electron chi connectivity index (χ0n) is 15.4. The van der Waals surface area contributed by atoms with Crippen LogP contribution in [-0.2, 0) is 6.54 Å². The first-order chi connectivity index (χ1) is 12.2. The second-order valence-electron chi connectivity index (χ2n) is 7.25. The largest absolute Gasteiger partial charge is 0.497 e. The number of rotatable bonds is 4. The molecule has 138 valence electrons. The summed E-state index contributed by atoms with van der Waals surface area (Å²) in [5.41, 5.74) is 1.29. The van der Waals surface area contributed by atoms with E-state index in [1.54, 1.807) is 7.11 Å². The van der Waals surface area contributed by atoms with Crippen molar-refractivity contribution in [2.24, 2.45) is 0 Å². The van der Waals surface area contributed by atoms with Crippen molar-refractivity contribution in [2.75, 3.05) is 33.3 Å². The molecule has 1 saturated heterocycles. The molecule has 2 aliphatic rings. The molecule has 1 saturated carbocycles. The number of carbonyl (C=O) groups is 1. The average molecular weight is 345 g/mol. The molecule has 1 aromatic rings. The van der Waals surface area contributed by atoms with Crippen LogP contribution in [0.15, 0.2) is 24.3 Å². The number of hydrogen-bond acceptors (Lipinski definition) is 3. The Morgan fingerprint density at radius 3 is 2.28 bits per heavy atom. The molecular weight excluding hydrogens is 314 g/mol. The molecule has 0 bridgehead atoms. The predicted octanol–water partition coefficient (Wildman–Crippen LogP) is 3.25. The van der Waals surface area contributed by atoms with Gasteiger partial charge in [0.25, 0.3) is 0 Å². The van der Waals surface area contributed by atoms with Gasteiger partial charge in [-0.25, -0.2) is 4.79 Å². The van der Waals surface area contributed by atoms with Gasteiger partial charge >= 0.3 is 6.03 Å². The van der Waals surface area contributed by atoms with Crippen molar-refractivity contribution in [1.82, 2.24) is 15.1 Å². The van der Waals surface area contributed by atoms with Crippen LogP contribution < -0.4 is 10.1 Å². The molecule has 0 unspecified atom stereocenters. The maximum absolute atomic E-state index is 12.5. The number of amides is 2. The van der Waals surface area contributed by atoms with E-state index >= 15 is 0 Å². The number of nitrogens with zero attached hydrogens (tertiary/aromatic N) is 2. The number of urea groups is 1. The SMILES string of the molecule is COc1ccc(CN2CCN(C(=O)NC3CCCCCC3)CC2)cc1. The third kappa shape index (κ3) is 5.36. The number of piperazine rings is 1. The van der Waals surface area contributed by atoms with Crippen molar-refractivity contribution < 1.29 is 9.53 Å². The first kappa shape index (κ1) is 18.1. The maximum atomic E-state index is 12.5. The number of methoxy groups -OCH3 is 1. The third-order valence-corrected chi connectivity index (χ3v) is 5.41. The fourth-order valence-electron chi connectivity index (χ4n) is 3.79. The molecule has 3 rings (SSSR count). The zero-order chi connectivity index (χ0) is 17.5. The molecule has 1 aromatic carbocycles. The van der Waals surface area contributed by atoms with Gasteiger partial charge in [-0.2, -0.15) is 0 Å². The van der Waals surface area contributed by atoms with E-state index in [1.165, 1.54) is 31.2 Å². The first-order valence-corrected chi connectivity index (χ1v) is 9.65.